The lowest BCUT2D eigenvalue weighted by atomic mass is 9.99. The molecule has 24 heavy (non-hydrogen) atoms. The van der Waals surface area contributed by atoms with Crippen LogP contribution in [0.1, 0.15) is 31.4 Å². The van der Waals surface area contributed by atoms with Crippen LogP contribution in [0.5, 0.6) is 0 Å². The lowest BCUT2D eigenvalue weighted by molar-refractivity contribution is 0.564. The average Bonchev–Trinajstić information content (AvgIpc) is 2.65. The van der Waals surface area contributed by atoms with Crippen LogP contribution in [-0.4, -0.2) is 16.7 Å². The first-order chi connectivity index (χ1) is 11.5. The molecule has 0 unspecified atom stereocenters. The average molecular weight is 361 g/mol. The highest BCUT2D eigenvalue weighted by Crippen LogP contribution is 2.29. The lowest BCUT2D eigenvalue weighted by Crippen LogP contribution is -2.25. The van der Waals surface area contributed by atoms with Crippen LogP contribution in [0.15, 0.2) is 47.5 Å². The maximum Gasteiger partial charge on any atom is 0.132 e. The molecule has 0 radical (unpaired) electrons. The number of nitrogens with one attached hydrogen (secondary N) is 1. The maximum absolute atomic E-state index is 14.4. The number of aliphatic imine (C=N–C) groups is 1. The van der Waals surface area contributed by atoms with Gasteiger partial charge in [0.25, 0.3) is 0 Å². The second-order valence-corrected chi connectivity index (χ2v) is 7.16. The van der Waals surface area contributed by atoms with Crippen LogP contribution in [-0.2, 0) is 0 Å². The van der Waals surface area contributed by atoms with Gasteiger partial charge in [0.15, 0.2) is 0 Å². The van der Waals surface area contributed by atoms with Crippen molar-refractivity contribution in [1.82, 2.24) is 0 Å². The number of thiocarbonyl (C=S) groups is 1. The van der Waals surface area contributed by atoms with E-state index >= 15 is 0 Å². The Morgan fingerprint density at radius 3 is 2.67 bits per heavy atom. The number of benzene rings is 2. The minimum Gasteiger partial charge on any atom is -0.348 e. The van der Waals surface area contributed by atoms with Gasteiger partial charge >= 0.3 is 0 Å². The van der Waals surface area contributed by atoms with Gasteiger partial charge in [0, 0.05) is 21.8 Å². The Hall–Kier alpha value is -1.78. The van der Waals surface area contributed by atoms with Gasteiger partial charge in [0.05, 0.1) is 5.71 Å². The molecule has 3 rings (SSSR count). The highest BCUT2D eigenvalue weighted by molar-refractivity contribution is 7.80. The minimum atomic E-state index is -0.307. The molecule has 0 aliphatic carbocycles. The van der Waals surface area contributed by atoms with Gasteiger partial charge in [0.1, 0.15) is 16.8 Å². The third-order valence-electron chi connectivity index (χ3n) is 3.91. The van der Waals surface area contributed by atoms with E-state index in [0.29, 0.717) is 27.2 Å². The first-order valence-electron chi connectivity index (χ1n) is 7.89. The van der Waals surface area contributed by atoms with Crippen molar-refractivity contribution >= 4 is 40.2 Å². The first kappa shape index (κ1) is 17.1. The number of rotatable bonds is 3. The quantitative estimate of drug-likeness (QED) is 0.732. The normalized spacial score (nSPS) is 17.1. The third-order valence-corrected chi connectivity index (χ3v) is 4.52. The Morgan fingerprint density at radius 2 is 1.96 bits per heavy atom. The second kappa shape index (κ2) is 6.99. The summed E-state index contributed by atoms with van der Waals surface area (Å²) < 4.78 is 14.4. The molecule has 0 fully saturated rings. The van der Waals surface area contributed by atoms with Gasteiger partial charge in [-0.1, -0.05) is 49.8 Å². The molecule has 0 amide bonds. The van der Waals surface area contributed by atoms with E-state index in [1.165, 1.54) is 6.07 Å². The zero-order chi connectivity index (χ0) is 17.3. The van der Waals surface area contributed by atoms with Crippen LogP contribution in [0.25, 0.3) is 0 Å². The van der Waals surface area contributed by atoms with Gasteiger partial charge in [-0.15, -0.1) is 0 Å². The number of hydrogen-bond acceptors (Lipinski definition) is 2. The van der Waals surface area contributed by atoms with Crippen molar-refractivity contribution in [3.8, 4) is 0 Å². The second-order valence-electron chi connectivity index (χ2n) is 6.28. The smallest absolute Gasteiger partial charge is 0.132 e. The van der Waals surface area contributed by atoms with Crippen LogP contribution in [0.3, 0.4) is 0 Å². The number of benzodiazepines with no additional fused rings is 1. The molecule has 1 atom stereocenters. The van der Waals surface area contributed by atoms with E-state index in [1.54, 1.807) is 30.3 Å². The van der Waals surface area contributed by atoms with Crippen LogP contribution in [0, 0.1) is 11.7 Å². The summed E-state index contributed by atoms with van der Waals surface area (Å²) in [5.74, 6) is 0.114. The Kier molecular flexibility index (Phi) is 4.97. The summed E-state index contributed by atoms with van der Waals surface area (Å²) in [6, 6.07) is 11.9. The molecule has 0 saturated carbocycles. The zero-order valence-electron chi connectivity index (χ0n) is 13.5. The minimum absolute atomic E-state index is 0.194. The number of halogens is 2. The van der Waals surface area contributed by atoms with E-state index in [-0.39, 0.29) is 11.9 Å². The largest absolute Gasteiger partial charge is 0.348 e. The van der Waals surface area contributed by atoms with Crippen molar-refractivity contribution in [3.05, 3.63) is 64.4 Å². The van der Waals surface area contributed by atoms with Gasteiger partial charge in [-0.2, -0.15) is 0 Å². The van der Waals surface area contributed by atoms with E-state index in [4.69, 9.17) is 28.8 Å². The highest BCUT2D eigenvalue weighted by Gasteiger charge is 2.25. The molecule has 5 heteroatoms. The number of nitrogens with zero attached hydrogens (tertiary/aromatic N) is 1. The summed E-state index contributed by atoms with van der Waals surface area (Å²) in [5.41, 5.74) is 2.61. The zero-order valence-corrected chi connectivity index (χ0v) is 15.1. The molecule has 0 bridgehead atoms. The van der Waals surface area contributed by atoms with Crippen molar-refractivity contribution in [2.45, 2.75) is 26.3 Å². The summed E-state index contributed by atoms with van der Waals surface area (Å²) in [6.07, 6.45) is 0.797. The SMILES string of the molecule is CC(C)C[C@@H]1N=C(c2ccccc2F)c2cc(Cl)ccc2NC1=S. The fourth-order valence-electron chi connectivity index (χ4n) is 2.80. The predicted molar refractivity (Wildman–Crippen MR) is 103 cm³/mol. The van der Waals surface area contributed by atoms with E-state index in [0.717, 1.165) is 17.7 Å². The molecule has 2 nitrogen and oxygen atoms in total. The Morgan fingerprint density at radius 1 is 1.21 bits per heavy atom. The van der Waals surface area contributed by atoms with Crippen LogP contribution in [0.4, 0.5) is 10.1 Å². The van der Waals surface area contributed by atoms with Crippen LogP contribution >= 0.6 is 23.8 Å². The Bertz CT molecular complexity index is 817. The Labute approximate surface area is 151 Å². The van der Waals surface area contributed by atoms with Crippen molar-refractivity contribution in [1.29, 1.82) is 0 Å². The fourth-order valence-corrected chi connectivity index (χ4v) is 3.23. The third kappa shape index (κ3) is 3.50. The Balaban J connectivity index is 2.21. The molecule has 1 N–H and O–H groups in total. The predicted octanol–water partition coefficient (Wildman–Crippen LogP) is 5.48. The summed E-state index contributed by atoms with van der Waals surface area (Å²) in [6.45, 7) is 4.24. The van der Waals surface area contributed by atoms with Crippen molar-refractivity contribution in [3.63, 3.8) is 0 Å². The van der Waals surface area contributed by atoms with Crippen molar-refractivity contribution in [2.24, 2.45) is 10.9 Å². The molecular formula is C19H18ClFN2S. The lowest BCUT2D eigenvalue weighted by Gasteiger charge is -2.15. The highest BCUT2D eigenvalue weighted by atomic mass is 35.5. The number of hydrogen-bond donors (Lipinski definition) is 1. The molecule has 124 valence electrons. The molecule has 2 aromatic carbocycles. The van der Waals surface area contributed by atoms with E-state index in [2.05, 4.69) is 19.2 Å². The molecule has 0 saturated heterocycles. The summed E-state index contributed by atoms with van der Waals surface area (Å²) in [4.78, 5) is 5.48. The van der Waals surface area contributed by atoms with Crippen molar-refractivity contribution in [2.75, 3.05) is 5.32 Å². The molecule has 1 heterocycles. The molecule has 0 spiro atoms. The van der Waals surface area contributed by atoms with Gasteiger partial charge in [0.2, 0.25) is 0 Å². The molecule has 0 aromatic heterocycles. The summed E-state index contributed by atoms with van der Waals surface area (Å²) in [5, 5.41) is 3.84. The molecular weight excluding hydrogens is 343 g/mol. The van der Waals surface area contributed by atoms with Gasteiger partial charge in [-0.3, -0.25) is 4.99 Å². The van der Waals surface area contributed by atoms with Crippen LogP contribution in [0.2, 0.25) is 5.02 Å². The van der Waals surface area contributed by atoms with Crippen LogP contribution < -0.4 is 5.32 Å². The fraction of sp³-hybridized carbons (Fsp3) is 0.263. The monoisotopic (exact) mass is 360 g/mol. The molecule has 2 aromatic rings. The maximum atomic E-state index is 14.4. The van der Waals surface area contributed by atoms with Gasteiger partial charge < -0.3 is 5.32 Å². The van der Waals surface area contributed by atoms with E-state index < -0.39 is 0 Å². The first-order valence-corrected chi connectivity index (χ1v) is 8.68. The molecule has 1 aliphatic rings. The van der Waals surface area contributed by atoms with Crippen molar-refractivity contribution < 1.29 is 4.39 Å². The van der Waals surface area contributed by atoms with E-state index in [9.17, 15) is 4.39 Å². The van der Waals surface area contributed by atoms with Gasteiger partial charge in [-0.25, -0.2) is 4.39 Å². The number of anilines is 1. The molecule has 1 aliphatic heterocycles. The topological polar surface area (TPSA) is 24.4 Å². The van der Waals surface area contributed by atoms with E-state index in [1.807, 2.05) is 6.07 Å². The number of fused-ring (bicyclic) bond motifs is 1. The standard InChI is InChI=1S/C19H18ClFN2S/c1-11(2)9-17-19(24)23-16-8-7-12(20)10-14(16)18(22-17)13-5-3-4-6-15(13)21/h3-8,10-11,17H,9H2,1-2H3,(H,23,24)/t17-/m0/s1. The summed E-state index contributed by atoms with van der Waals surface area (Å²) >= 11 is 11.7. The summed E-state index contributed by atoms with van der Waals surface area (Å²) in [7, 11) is 0. The van der Waals surface area contributed by atoms with Gasteiger partial charge in [-0.05, 0) is 42.7 Å².